The van der Waals surface area contributed by atoms with E-state index >= 15 is 0 Å². The highest BCUT2D eigenvalue weighted by atomic mass is 15.2. The molecular weight excluding hydrogens is 284 g/mol. The number of likely N-dealkylation sites (tertiary alicyclic amines) is 1. The quantitative estimate of drug-likeness (QED) is 0.600. The Morgan fingerprint density at radius 3 is 2.83 bits per heavy atom. The zero-order valence-corrected chi connectivity index (χ0v) is 14.9. The van der Waals surface area contributed by atoms with Crippen molar-refractivity contribution in [1.29, 1.82) is 0 Å². The summed E-state index contributed by atoms with van der Waals surface area (Å²) in [5, 5.41) is 6.91. The molecule has 2 atom stereocenters. The number of benzene rings is 1. The second kappa shape index (κ2) is 9.56. The first-order valence-corrected chi connectivity index (χ1v) is 8.94. The molecule has 2 N–H and O–H groups in total. The third-order valence-corrected chi connectivity index (χ3v) is 4.71. The van der Waals surface area contributed by atoms with Crippen LogP contribution in [0.4, 0.5) is 0 Å². The molecule has 1 saturated heterocycles. The van der Waals surface area contributed by atoms with Gasteiger partial charge in [-0.3, -0.25) is 4.99 Å². The minimum Gasteiger partial charge on any atom is -0.356 e. The molecule has 128 valence electrons. The molecule has 4 nitrogen and oxygen atoms in total. The number of guanidine groups is 1. The number of hydrogen-bond donors (Lipinski definition) is 2. The van der Waals surface area contributed by atoms with Crippen LogP contribution >= 0.6 is 0 Å². The van der Waals surface area contributed by atoms with E-state index in [1.807, 2.05) is 7.05 Å². The Morgan fingerprint density at radius 1 is 1.35 bits per heavy atom. The van der Waals surface area contributed by atoms with Crippen molar-refractivity contribution in [2.24, 2.45) is 10.9 Å². The van der Waals surface area contributed by atoms with Crippen molar-refractivity contribution in [2.45, 2.75) is 39.2 Å². The highest BCUT2D eigenvalue weighted by Gasteiger charge is 2.22. The second-order valence-electron chi connectivity index (χ2n) is 6.60. The van der Waals surface area contributed by atoms with Gasteiger partial charge in [-0.15, -0.1) is 0 Å². The summed E-state index contributed by atoms with van der Waals surface area (Å²) >= 11 is 0. The Labute approximate surface area is 141 Å². The molecule has 0 radical (unpaired) electrons. The molecule has 0 aromatic heterocycles. The van der Waals surface area contributed by atoms with E-state index in [4.69, 9.17) is 0 Å². The fourth-order valence-electron chi connectivity index (χ4n) is 2.99. The highest BCUT2D eigenvalue weighted by Crippen LogP contribution is 2.16. The van der Waals surface area contributed by atoms with E-state index in [0.717, 1.165) is 31.3 Å². The van der Waals surface area contributed by atoms with Crippen molar-refractivity contribution < 1.29 is 0 Å². The van der Waals surface area contributed by atoms with E-state index in [2.05, 4.69) is 64.7 Å². The molecule has 1 aliphatic rings. The second-order valence-corrected chi connectivity index (χ2v) is 6.60. The Hall–Kier alpha value is -1.55. The first kappa shape index (κ1) is 17.8. The van der Waals surface area contributed by atoms with Crippen molar-refractivity contribution in [2.75, 3.05) is 33.2 Å². The summed E-state index contributed by atoms with van der Waals surface area (Å²) in [4.78, 5) is 6.90. The molecule has 4 heteroatoms. The van der Waals surface area contributed by atoms with Gasteiger partial charge in [0, 0.05) is 32.7 Å². The monoisotopic (exact) mass is 316 g/mol. The van der Waals surface area contributed by atoms with Crippen LogP contribution in [-0.2, 0) is 6.42 Å². The van der Waals surface area contributed by atoms with E-state index in [1.165, 1.54) is 31.6 Å². The largest absolute Gasteiger partial charge is 0.356 e. The normalized spacial score (nSPS) is 20.5. The molecule has 0 amide bonds. The lowest BCUT2D eigenvalue weighted by Gasteiger charge is -2.19. The smallest absolute Gasteiger partial charge is 0.191 e. The van der Waals surface area contributed by atoms with Gasteiger partial charge >= 0.3 is 0 Å². The molecule has 1 aromatic carbocycles. The third-order valence-electron chi connectivity index (χ3n) is 4.71. The van der Waals surface area contributed by atoms with Crippen LogP contribution in [0, 0.1) is 5.92 Å². The van der Waals surface area contributed by atoms with Crippen molar-refractivity contribution in [1.82, 2.24) is 15.5 Å². The molecule has 0 spiro atoms. The summed E-state index contributed by atoms with van der Waals surface area (Å²) in [5.41, 5.74) is 1.44. The van der Waals surface area contributed by atoms with Gasteiger partial charge in [0.25, 0.3) is 0 Å². The Bertz CT molecular complexity index is 472. The average molecular weight is 316 g/mol. The number of nitrogens with zero attached hydrogens (tertiary/aromatic N) is 2. The standard InChI is InChI=1S/C19H32N4/c1-4-16(2)22-19(20-3)21-14-18-11-13-23(15-18)12-10-17-8-6-5-7-9-17/h5-9,16,18H,4,10-15H2,1-3H3,(H2,20,21,22). The molecule has 2 unspecified atom stereocenters. The fraction of sp³-hybridized carbons (Fsp3) is 0.632. The molecule has 2 rings (SSSR count). The van der Waals surface area contributed by atoms with Crippen LogP contribution in [0.25, 0.3) is 0 Å². The van der Waals surface area contributed by atoms with Crippen LogP contribution in [0.2, 0.25) is 0 Å². The summed E-state index contributed by atoms with van der Waals surface area (Å²) in [7, 11) is 1.85. The Balaban J connectivity index is 1.67. The molecule has 0 aliphatic carbocycles. The predicted octanol–water partition coefficient (Wildman–Crippen LogP) is 2.51. The molecule has 0 saturated carbocycles. The Kier molecular flexibility index (Phi) is 7.40. The fourth-order valence-corrected chi connectivity index (χ4v) is 2.99. The maximum Gasteiger partial charge on any atom is 0.191 e. The van der Waals surface area contributed by atoms with Gasteiger partial charge in [0.2, 0.25) is 0 Å². The predicted molar refractivity (Wildman–Crippen MR) is 98.9 cm³/mol. The lowest BCUT2D eigenvalue weighted by molar-refractivity contribution is 0.328. The molecular formula is C19H32N4. The summed E-state index contributed by atoms with van der Waals surface area (Å²) in [6, 6.07) is 11.2. The van der Waals surface area contributed by atoms with E-state index in [9.17, 15) is 0 Å². The molecule has 1 aliphatic heterocycles. The lowest BCUT2D eigenvalue weighted by atomic mass is 10.1. The van der Waals surface area contributed by atoms with E-state index in [1.54, 1.807) is 0 Å². The molecule has 1 fully saturated rings. The molecule has 0 bridgehead atoms. The Morgan fingerprint density at radius 2 is 2.13 bits per heavy atom. The third kappa shape index (κ3) is 6.22. The van der Waals surface area contributed by atoms with Crippen LogP contribution in [-0.4, -0.2) is 50.1 Å². The van der Waals surface area contributed by atoms with Gasteiger partial charge in [0.15, 0.2) is 5.96 Å². The van der Waals surface area contributed by atoms with Crippen LogP contribution in [0.5, 0.6) is 0 Å². The minimum absolute atomic E-state index is 0.465. The zero-order valence-electron chi connectivity index (χ0n) is 14.9. The van der Waals surface area contributed by atoms with Crippen LogP contribution in [0.3, 0.4) is 0 Å². The number of rotatable bonds is 7. The summed E-state index contributed by atoms with van der Waals surface area (Å²) in [6.07, 6.45) is 3.54. The van der Waals surface area contributed by atoms with E-state index in [-0.39, 0.29) is 0 Å². The van der Waals surface area contributed by atoms with Gasteiger partial charge in [-0.1, -0.05) is 37.3 Å². The van der Waals surface area contributed by atoms with Crippen LogP contribution < -0.4 is 10.6 Å². The van der Waals surface area contributed by atoms with Crippen molar-refractivity contribution >= 4 is 5.96 Å². The molecule has 1 heterocycles. The lowest BCUT2D eigenvalue weighted by Crippen LogP contribution is -2.44. The van der Waals surface area contributed by atoms with Crippen LogP contribution in [0.1, 0.15) is 32.3 Å². The van der Waals surface area contributed by atoms with Gasteiger partial charge in [-0.25, -0.2) is 0 Å². The summed E-state index contributed by atoms with van der Waals surface area (Å²) in [5.74, 6) is 1.66. The SMILES string of the molecule is CCC(C)NC(=NC)NCC1CCN(CCc2ccccc2)C1. The zero-order chi connectivity index (χ0) is 16.5. The van der Waals surface area contributed by atoms with Gasteiger partial charge in [0.05, 0.1) is 0 Å². The van der Waals surface area contributed by atoms with Crippen LogP contribution in [0.15, 0.2) is 35.3 Å². The van der Waals surface area contributed by atoms with Crippen molar-refractivity contribution in [3.05, 3.63) is 35.9 Å². The summed E-state index contributed by atoms with van der Waals surface area (Å²) in [6.45, 7) is 8.97. The average Bonchev–Trinajstić information content (AvgIpc) is 3.05. The number of hydrogen-bond acceptors (Lipinski definition) is 2. The van der Waals surface area contributed by atoms with E-state index in [0.29, 0.717) is 6.04 Å². The van der Waals surface area contributed by atoms with Crippen molar-refractivity contribution in [3.8, 4) is 0 Å². The van der Waals surface area contributed by atoms with Gasteiger partial charge in [-0.2, -0.15) is 0 Å². The van der Waals surface area contributed by atoms with Gasteiger partial charge < -0.3 is 15.5 Å². The maximum atomic E-state index is 4.31. The topological polar surface area (TPSA) is 39.7 Å². The number of nitrogens with one attached hydrogen (secondary N) is 2. The van der Waals surface area contributed by atoms with Gasteiger partial charge in [0.1, 0.15) is 0 Å². The van der Waals surface area contributed by atoms with Crippen molar-refractivity contribution in [3.63, 3.8) is 0 Å². The molecule has 1 aromatic rings. The first-order chi connectivity index (χ1) is 11.2. The first-order valence-electron chi connectivity index (χ1n) is 8.94. The minimum atomic E-state index is 0.465. The van der Waals surface area contributed by atoms with Gasteiger partial charge in [-0.05, 0) is 44.2 Å². The summed E-state index contributed by atoms with van der Waals surface area (Å²) < 4.78 is 0. The maximum absolute atomic E-state index is 4.31. The molecule has 23 heavy (non-hydrogen) atoms. The number of aliphatic imine (C=N–C) groups is 1. The highest BCUT2D eigenvalue weighted by molar-refractivity contribution is 5.79. The van der Waals surface area contributed by atoms with E-state index < -0.39 is 0 Å².